The van der Waals surface area contributed by atoms with E-state index < -0.39 is 0 Å². The Morgan fingerprint density at radius 3 is 2.76 bits per heavy atom. The van der Waals surface area contributed by atoms with Crippen LogP contribution in [0.5, 0.6) is 0 Å². The van der Waals surface area contributed by atoms with Crippen molar-refractivity contribution in [2.24, 2.45) is 0 Å². The molecule has 8 heteroatoms. The maximum atomic E-state index is 8.72. The SMILES string of the molecule is OCCNc1nc(Cl)nc(N2CCOCC2)n1. The average molecular weight is 260 g/mol. The lowest BCUT2D eigenvalue weighted by atomic mass is 10.4. The van der Waals surface area contributed by atoms with Crippen molar-refractivity contribution in [3.63, 3.8) is 0 Å². The molecule has 0 atom stereocenters. The molecule has 2 heterocycles. The molecule has 1 aromatic heterocycles. The van der Waals surface area contributed by atoms with E-state index in [4.69, 9.17) is 21.4 Å². The number of aromatic nitrogens is 3. The van der Waals surface area contributed by atoms with E-state index in [0.29, 0.717) is 31.7 Å². The lowest BCUT2D eigenvalue weighted by molar-refractivity contribution is 0.122. The molecule has 2 N–H and O–H groups in total. The highest BCUT2D eigenvalue weighted by Gasteiger charge is 2.15. The summed E-state index contributed by atoms with van der Waals surface area (Å²) in [4.78, 5) is 14.2. The first-order valence-corrected chi connectivity index (χ1v) is 5.76. The Morgan fingerprint density at radius 1 is 1.29 bits per heavy atom. The number of aliphatic hydroxyl groups is 1. The number of nitrogens with zero attached hydrogens (tertiary/aromatic N) is 4. The highest BCUT2D eigenvalue weighted by Crippen LogP contribution is 2.14. The Labute approximate surface area is 104 Å². The molecule has 0 aromatic carbocycles. The largest absolute Gasteiger partial charge is 0.395 e. The molecule has 2 rings (SSSR count). The molecule has 1 fully saturated rings. The van der Waals surface area contributed by atoms with Gasteiger partial charge in [-0.2, -0.15) is 15.0 Å². The predicted molar refractivity (Wildman–Crippen MR) is 63.4 cm³/mol. The number of anilines is 2. The van der Waals surface area contributed by atoms with Crippen molar-refractivity contribution in [1.29, 1.82) is 0 Å². The number of hydrogen-bond donors (Lipinski definition) is 2. The van der Waals surface area contributed by atoms with Crippen LogP contribution in [0, 0.1) is 0 Å². The molecular weight excluding hydrogens is 246 g/mol. The monoisotopic (exact) mass is 259 g/mol. The minimum absolute atomic E-state index is 0.0101. The van der Waals surface area contributed by atoms with E-state index in [1.54, 1.807) is 0 Å². The Bertz CT molecular complexity index is 372. The van der Waals surface area contributed by atoms with Gasteiger partial charge >= 0.3 is 0 Å². The van der Waals surface area contributed by atoms with Gasteiger partial charge in [-0.1, -0.05) is 0 Å². The summed E-state index contributed by atoms with van der Waals surface area (Å²) < 4.78 is 5.25. The molecule has 0 spiro atoms. The van der Waals surface area contributed by atoms with Gasteiger partial charge < -0.3 is 20.1 Å². The summed E-state index contributed by atoms with van der Waals surface area (Å²) in [6.45, 7) is 3.17. The normalized spacial score (nSPS) is 16.0. The molecule has 0 radical (unpaired) electrons. The fourth-order valence-electron chi connectivity index (χ4n) is 1.49. The van der Waals surface area contributed by atoms with Crippen molar-refractivity contribution < 1.29 is 9.84 Å². The van der Waals surface area contributed by atoms with Crippen LogP contribution in [0.15, 0.2) is 0 Å². The topological polar surface area (TPSA) is 83.4 Å². The van der Waals surface area contributed by atoms with E-state index in [1.165, 1.54) is 0 Å². The van der Waals surface area contributed by atoms with Crippen molar-refractivity contribution in [3.05, 3.63) is 5.28 Å². The zero-order valence-electron chi connectivity index (χ0n) is 9.26. The van der Waals surface area contributed by atoms with Crippen molar-refractivity contribution in [3.8, 4) is 0 Å². The Morgan fingerprint density at radius 2 is 2.06 bits per heavy atom. The number of halogens is 1. The zero-order valence-corrected chi connectivity index (χ0v) is 10.0. The van der Waals surface area contributed by atoms with Crippen LogP contribution in [-0.4, -0.2) is 59.5 Å². The highest BCUT2D eigenvalue weighted by atomic mass is 35.5. The second-order valence-electron chi connectivity index (χ2n) is 3.48. The smallest absolute Gasteiger partial charge is 0.231 e. The van der Waals surface area contributed by atoms with Crippen molar-refractivity contribution in [1.82, 2.24) is 15.0 Å². The molecule has 0 aliphatic carbocycles. The van der Waals surface area contributed by atoms with Crippen molar-refractivity contribution in [2.45, 2.75) is 0 Å². The molecule has 17 heavy (non-hydrogen) atoms. The van der Waals surface area contributed by atoms with E-state index in [-0.39, 0.29) is 11.9 Å². The van der Waals surface area contributed by atoms with Crippen molar-refractivity contribution >= 4 is 23.5 Å². The van der Waals surface area contributed by atoms with Gasteiger partial charge in [-0.25, -0.2) is 0 Å². The van der Waals surface area contributed by atoms with Gasteiger partial charge in [-0.05, 0) is 11.6 Å². The third-order valence-electron chi connectivity index (χ3n) is 2.29. The molecule has 1 aromatic rings. The molecule has 1 aliphatic heterocycles. The Balaban J connectivity index is 2.12. The van der Waals surface area contributed by atoms with Gasteiger partial charge in [0.05, 0.1) is 19.8 Å². The molecule has 0 amide bonds. The molecule has 0 saturated carbocycles. The lowest BCUT2D eigenvalue weighted by Crippen LogP contribution is -2.37. The summed E-state index contributed by atoms with van der Waals surface area (Å²) in [6, 6.07) is 0. The minimum Gasteiger partial charge on any atom is -0.395 e. The maximum absolute atomic E-state index is 8.72. The Hall–Kier alpha value is -1.18. The third kappa shape index (κ3) is 3.39. The standard InChI is InChI=1S/C9H14ClN5O2/c10-7-12-8(11-1-4-16)14-9(13-7)15-2-5-17-6-3-15/h16H,1-6H2,(H,11,12,13,14). The van der Waals surface area contributed by atoms with Crippen LogP contribution >= 0.6 is 11.6 Å². The molecule has 1 saturated heterocycles. The second kappa shape index (κ2) is 5.95. The summed E-state index contributed by atoms with van der Waals surface area (Å²) in [5.41, 5.74) is 0. The summed E-state index contributed by atoms with van der Waals surface area (Å²) in [5, 5.41) is 11.7. The number of nitrogens with one attached hydrogen (secondary N) is 1. The first-order chi connectivity index (χ1) is 8.29. The van der Waals surface area contributed by atoms with E-state index in [1.807, 2.05) is 4.90 Å². The van der Waals surface area contributed by atoms with E-state index in [9.17, 15) is 0 Å². The molecular formula is C9H14ClN5O2. The highest BCUT2D eigenvalue weighted by molar-refractivity contribution is 6.28. The van der Waals surface area contributed by atoms with Gasteiger partial charge in [0.1, 0.15) is 0 Å². The molecule has 0 unspecified atom stereocenters. The number of morpholine rings is 1. The number of aliphatic hydroxyl groups excluding tert-OH is 1. The number of rotatable bonds is 4. The van der Waals surface area contributed by atoms with Crippen LogP contribution in [0.1, 0.15) is 0 Å². The van der Waals surface area contributed by atoms with Crippen molar-refractivity contribution in [2.75, 3.05) is 49.7 Å². The molecule has 0 bridgehead atoms. The van der Waals surface area contributed by atoms with Gasteiger partial charge in [0.15, 0.2) is 0 Å². The molecule has 94 valence electrons. The summed E-state index contributed by atoms with van der Waals surface area (Å²) in [5.74, 6) is 0.911. The number of hydrogen-bond acceptors (Lipinski definition) is 7. The first kappa shape index (κ1) is 12.3. The summed E-state index contributed by atoms with van der Waals surface area (Å²) >= 11 is 5.83. The van der Waals surface area contributed by atoms with Crippen LogP contribution in [0.3, 0.4) is 0 Å². The molecule has 7 nitrogen and oxygen atoms in total. The van der Waals surface area contributed by atoms with Crippen LogP contribution < -0.4 is 10.2 Å². The Kier molecular flexibility index (Phi) is 4.29. The summed E-state index contributed by atoms with van der Waals surface area (Å²) in [7, 11) is 0. The third-order valence-corrected chi connectivity index (χ3v) is 2.45. The van der Waals surface area contributed by atoms with Gasteiger partial charge in [0.2, 0.25) is 17.2 Å². The quantitative estimate of drug-likeness (QED) is 0.772. The number of ether oxygens (including phenoxy) is 1. The predicted octanol–water partition coefficient (Wildman–Crippen LogP) is -0.234. The van der Waals surface area contributed by atoms with Gasteiger partial charge in [0.25, 0.3) is 0 Å². The van der Waals surface area contributed by atoms with E-state index in [2.05, 4.69) is 20.3 Å². The second-order valence-corrected chi connectivity index (χ2v) is 3.82. The fourth-order valence-corrected chi connectivity index (χ4v) is 1.65. The molecule has 1 aliphatic rings. The fraction of sp³-hybridized carbons (Fsp3) is 0.667. The van der Waals surface area contributed by atoms with Crippen LogP contribution in [-0.2, 0) is 4.74 Å². The van der Waals surface area contributed by atoms with E-state index in [0.717, 1.165) is 13.1 Å². The van der Waals surface area contributed by atoms with Gasteiger partial charge in [-0.3, -0.25) is 0 Å². The maximum Gasteiger partial charge on any atom is 0.231 e. The average Bonchev–Trinajstić information content (AvgIpc) is 2.37. The van der Waals surface area contributed by atoms with Crippen LogP contribution in [0.2, 0.25) is 5.28 Å². The minimum atomic E-state index is 0.0101. The first-order valence-electron chi connectivity index (χ1n) is 5.38. The zero-order chi connectivity index (χ0) is 12.1. The van der Waals surface area contributed by atoms with Crippen LogP contribution in [0.25, 0.3) is 0 Å². The van der Waals surface area contributed by atoms with Gasteiger partial charge in [0, 0.05) is 19.6 Å². The van der Waals surface area contributed by atoms with Crippen LogP contribution in [0.4, 0.5) is 11.9 Å². The van der Waals surface area contributed by atoms with Gasteiger partial charge in [-0.15, -0.1) is 0 Å². The lowest BCUT2D eigenvalue weighted by Gasteiger charge is -2.26. The van der Waals surface area contributed by atoms with E-state index >= 15 is 0 Å². The summed E-state index contributed by atoms with van der Waals surface area (Å²) in [6.07, 6.45) is 0.